The number of allylic oxidation sites excluding steroid dienone is 8. The molecule has 0 spiro atoms. The van der Waals surface area contributed by atoms with E-state index in [0.29, 0.717) is 17.6 Å². The smallest absolute Gasteiger partial charge is 0.229 e. The highest BCUT2D eigenvalue weighted by Gasteiger charge is 2.18. The van der Waals surface area contributed by atoms with Gasteiger partial charge in [0.15, 0.2) is 5.78 Å². The minimum atomic E-state index is 0.0127. The lowest BCUT2D eigenvalue weighted by Gasteiger charge is -2.15. The molecule has 0 amide bonds. The molecule has 0 aromatic heterocycles. The Kier molecular flexibility index (Phi) is 1.81. The van der Waals surface area contributed by atoms with Gasteiger partial charge in [-0.2, -0.15) is 0 Å². The Morgan fingerprint density at radius 3 is 2.85 bits per heavy atom. The summed E-state index contributed by atoms with van der Waals surface area (Å²) in [5, 5.41) is 0. The number of fused-ring (bicyclic) bond motifs is 1. The zero-order valence-electron chi connectivity index (χ0n) is 6.91. The summed E-state index contributed by atoms with van der Waals surface area (Å²) in [4.78, 5) is 21.7. The van der Waals surface area contributed by atoms with Crippen LogP contribution in [0.5, 0.6) is 0 Å². The van der Waals surface area contributed by atoms with Crippen LogP contribution in [0.4, 0.5) is 0 Å². The molecule has 0 heterocycles. The van der Waals surface area contributed by atoms with Crippen molar-refractivity contribution in [3.05, 3.63) is 47.1 Å². The summed E-state index contributed by atoms with van der Waals surface area (Å²) in [6.45, 7) is 0. The van der Waals surface area contributed by atoms with Gasteiger partial charge in [-0.3, -0.25) is 9.59 Å². The summed E-state index contributed by atoms with van der Waals surface area (Å²) in [7, 11) is 0. The van der Waals surface area contributed by atoms with Crippen LogP contribution < -0.4 is 0 Å². The van der Waals surface area contributed by atoms with Crippen LogP contribution in [0, 0.1) is 0 Å². The van der Waals surface area contributed by atoms with Crippen molar-refractivity contribution in [3.63, 3.8) is 0 Å². The van der Waals surface area contributed by atoms with Crippen molar-refractivity contribution in [1.29, 1.82) is 0 Å². The summed E-state index contributed by atoms with van der Waals surface area (Å²) >= 11 is 0. The Morgan fingerprint density at radius 2 is 2.08 bits per heavy atom. The summed E-state index contributed by atoms with van der Waals surface area (Å²) in [6, 6.07) is 0. The van der Waals surface area contributed by atoms with Gasteiger partial charge in [0, 0.05) is 17.6 Å². The molecule has 0 saturated carbocycles. The van der Waals surface area contributed by atoms with Crippen molar-refractivity contribution >= 4 is 12.1 Å². The lowest BCUT2D eigenvalue weighted by molar-refractivity contribution is -0.111. The largest absolute Gasteiger partial charge is 0.289 e. The van der Waals surface area contributed by atoms with E-state index in [1.54, 1.807) is 18.2 Å². The fourth-order valence-electron chi connectivity index (χ4n) is 1.45. The lowest BCUT2D eigenvalue weighted by atomic mass is 9.88. The molecule has 2 aliphatic carbocycles. The predicted molar refractivity (Wildman–Crippen MR) is 48.7 cm³/mol. The molecule has 0 aliphatic heterocycles. The average molecular weight is 171 g/mol. The average Bonchev–Trinajstić information content (AvgIpc) is 2.18. The molecule has 13 heavy (non-hydrogen) atoms. The van der Waals surface area contributed by atoms with E-state index < -0.39 is 0 Å². The van der Waals surface area contributed by atoms with Crippen molar-refractivity contribution in [2.75, 3.05) is 0 Å². The van der Waals surface area contributed by atoms with Crippen LogP contribution in [-0.4, -0.2) is 12.1 Å². The van der Waals surface area contributed by atoms with Gasteiger partial charge in [0.2, 0.25) is 6.29 Å². The summed E-state index contributed by atoms with van der Waals surface area (Å²) in [5.74, 6) is 0.0127. The van der Waals surface area contributed by atoms with Gasteiger partial charge in [-0.25, -0.2) is 0 Å². The molecule has 63 valence electrons. The first kappa shape index (κ1) is 7.92. The minimum Gasteiger partial charge on any atom is -0.289 e. The lowest BCUT2D eigenvalue weighted by Crippen LogP contribution is -2.09. The molecule has 0 atom stereocenters. The van der Waals surface area contributed by atoms with Gasteiger partial charge in [-0.05, 0) is 11.6 Å². The van der Waals surface area contributed by atoms with Crippen LogP contribution in [0.2, 0.25) is 0 Å². The molecule has 0 fully saturated rings. The summed E-state index contributed by atoms with van der Waals surface area (Å²) < 4.78 is 0. The number of hydrogen-bond acceptors (Lipinski definition) is 2. The highest BCUT2D eigenvalue weighted by Crippen LogP contribution is 2.26. The SMILES string of the molecule is O=[C]C1=CC=C2C(=O)C=CC=C2C1. The first-order valence-electron chi connectivity index (χ1n) is 4.02. The molecule has 2 aliphatic rings. The highest BCUT2D eigenvalue weighted by molar-refractivity contribution is 6.09. The Morgan fingerprint density at radius 1 is 1.23 bits per heavy atom. The summed E-state index contributed by atoms with van der Waals surface area (Å²) in [6.07, 6.45) is 10.8. The van der Waals surface area contributed by atoms with Gasteiger partial charge in [-0.1, -0.05) is 24.3 Å². The van der Waals surface area contributed by atoms with Gasteiger partial charge in [-0.15, -0.1) is 0 Å². The first-order valence-corrected chi connectivity index (χ1v) is 4.02. The van der Waals surface area contributed by atoms with Gasteiger partial charge >= 0.3 is 0 Å². The van der Waals surface area contributed by atoms with Crippen LogP contribution in [0.15, 0.2) is 47.1 Å². The summed E-state index contributed by atoms with van der Waals surface area (Å²) in [5.41, 5.74) is 2.20. The number of carbonyl (C=O) groups excluding carboxylic acids is 2. The molecule has 1 radical (unpaired) electrons. The molecule has 0 bridgehead atoms. The van der Waals surface area contributed by atoms with Crippen LogP contribution in [-0.2, 0) is 9.59 Å². The normalized spacial score (nSPS) is 20.0. The van der Waals surface area contributed by atoms with Crippen molar-refractivity contribution in [1.82, 2.24) is 0 Å². The third-order valence-corrected chi connectivity index (χ3v) is 2.12. The predicted octanol–water partition coefficient (Wildman–Crippen LogP) is 1.42. The third-order valence-electron chi connectivity index (χ3n) is 2.12. The molecule has 2 heteroatoms. The second-order valence-electron chi connectivity index (χ2n) is 2.97. The number of carbonyl (C=O) groups is 1. The Hall–Kier alpha value is -1.70. The van der Waals surface area contributed by atoms with Crippen molar-refractivity contribution in [3.8, 4) is 0 Å². The van der Waals surface area contributed by atoms with Crippen LogP contribution in [0.1, 0.15) is 6.42 Å². The Labute approximate surface area is 75.9 Å². The maximum absolute atomic E-state index is 11.3. The molecular weight excluding hydrogens is 164 g/mol. The van der Waals surface area contributed by atoms with Crippen molar-refractivity contribution in [2.45, 2.75) is 6.42 Å². The number of rotatable bonds is 1. The standard InChI is InChI=1S/C11H7O2/c12-7-8-4-5-10-9(6-8)2-1-3-11(10)13/h1-5H,6H2. The van der Waals surface area contributed by atoms with Gasteiger partial charge < -0.3 is 0 Å². The second-order valence-corrected chi connectivity index (χ2v) is 2.97. The molecule has 0 unspecified atom stereocenters. The highest BCUT2D eigenvalue weighted by atomic mass is 16.1. The Balaban J connectivity index is 2.43. The topological polar surface area (TPSA) is 34.1 Å². The van der Waals surface area contributed by atoms with E-state index >= 15 is 0 Å². The van der Waals surface area contributed by atoms with Gasteiger partial charge in [0.05, 0.1) is 0 Å². The fourth-order valence-corrected chi connectivity index (χ4v) is 1.45. The Bertz CT molecular complexity index is 392. The zero-order chi connectivity index (χ0) is 9.26. The maximum atomic E-state index is 11.3. The molecular formula is C11H7O2. The maximum Gasteiger partial charge on any atom is 0.229 e. The monoisotopic (exact) mass is 171 g/mol. The van der Waals surface area contributed by atoms with Crippen molar-refractivity contribution < 1.29 is 9.59 Å². The van der Waals surface area contributed by atoms with E-state index in [1.165, 1.54) is 6.08 Å². The first-order chi connectivity index (χ1) is 6.31. The van der Waals surface area contributed by atoms with E-state index in [-0.39, 0.29) is 5.78 Å². The van der Waals surface area contributed by atoms with E-state index in [2.05, 4.69) is 0 Å². The third kappa shape index (κ3) is 1.31. The van der Waals surface area contributed by atoms with E-state index in [0.717, 1.165) is 5.57 Å². The molecule has 2 nitrogen and oxygen atoms in total. The quantitative estimate of drug-likeness (QED) is 0.597. The van der Waals surface area contributed by atoms with Gasteiger partial charge in [0.1, 0.15) is 0 Å². The fraction of sp³-hybridized carbons (Fsp3) is 0.0909. The van der Waals surface area contributed by atoms with E-state index in [9.17, 15) is 9.59 Å². The van der Waals surface area contributed by atoms with Gasteiger partial charge in [0.25, 0.3) is 0 Å². The van der Waals surface area contributed by atoms with E-state index in [1.807, 2.05) is 12.4 Å². The molecule has 0 saturated heterocycles. The molecule has 0 N–H and O–H groups in total. The van der Waals surface area contributed by atoms with Crippen LogP contribution >= 0.6 is 0 Å². The second kappa shape index (κ2) is 2.98. The zero-order valence-corrected chi connectivity index (χ0v) is 6.91. The number of ketones is 1. The number of hydrogen-bond donors (Lipinski definition) is 0. The molecule has 2 rings (SSSR count). The molecule has 0 aromatic carbocycles. The van der Waals surface area contributed by atoms with E-state index in [4.69, 9.17) is 0 Å². The van der Waals surface area contributed by atoms with Crippen LogP contribution in [0.3, 0.4) is 0 Å². The van der Waals surface area contributed by atoms with Crippen LogP contribution in [0.25, 0.3) is 0 Å². The minimum absolute atomic E-state index is 0.0127. The van der Waals surface area contributed by atoms with Crippen molar-refractivity contribution in [2.24, 2.45) is 0 Å². The molecule has 0 aromatic rings.